The number of hydrogen-bond acceptors (Lipinski definition) is 3. The summed E-state index contributed by atoms with van der Waals surface area (Å²) < 4.78 is 10.3. The molecule has 0 spiro atoms. The van der Waals surface area contributed by atoms with Gasteiger partial charge in [-0.25, -0.2) is 0 Å². The van der Waals surface area contributed by atoms with Crippen LogP contribution in [0.15, 0.2) is 35.1 Å². The Balaban J connectivity index is 2.17. The van der Waals surface area contributed by atoms with Gasteiger partial charge in [0.25, 0.3) is 0 Å². The predicted molar refractivity (Wildman–Crippen MR) is 68.8 cm³/mol. The Morgan fingerprint density at radius 3 is 2.88 bits per heavy atom. The van der Waals surface area contributed by atoms with Crippen molar-refractivity contribution in [2.75, 3.05) is 12.4 Å². The number of furan rings is 1. The predicted octanol–water partition coefficient (Wildman–Crippen LogP) is 3.86. The Morgan fingerprint density at radius 2 is 2.24 bits per heavy atom. The van der Waals surface area contributed by atoms with Gasteiger partial charge in [0.15, 0.2) is 0 Å². The number of nitrogens with one attached hydrogen (secondary N) is 1. The zero-order valence-electron chi connectivity index (χ0n) is 9.79. The lowest BCUT2D eigenvalue weighted by Crippen LogP contribution is -2.01. The lowest BCUT2D eigenvalue weighted by Gasteiger charge is -2.12. The lowest BCUT2D eigenvalue weighted by molar-refractivity contribution is 0.416. The third kappa shape index (κ3) is 2.74. The van der Waals surface area contributed by atoms with Crippen LogP contribution in [0.2, 0.25) is 5.02 Å². The average molecular weight is 252 g/mol. The SMILES string of the molecule is COc1cc(Cl)c(C)cc1NCc1ccoc1. The highest BCUT2D eigenvalue weighted by molar-refractivity contribution is 6.31. The summed E-state index contributed by atoms with van der Waals surface area (Å²) >= 11 is 6.04. The van der Waals surface area contributed by atoms with Crippen LogP contribution in [0.25, 0.3) is 0 Å². The number of benzene rings is 1. The fourth-order valence-electron chi connectivity index (χ4n) is 1.56. The number of halogens is 1. The van der Waals surface area contributed by atoms with Crippen molar-refractivity contribution in [2.24, 2.45) is 0 Å². The van der Waals surface area contributed by atoms with Crippen molar-refractivity contribution < 1.29 is 9.15 Å². The molecule has 2 aromatic rings. The Labute approximate surface area is 105 Å². The van der Waals surface area contributed by atoms with Gasteiger partial charge in [-0.2, -0.15) is 0 Å². The molecule has 0 aliphatic rings. The highest BCUT2D eigenvalue weighted by Gasteiger charge is 2.06. The monoisotopic (exact) mass is 251 g/mol. The number of aryl methyl sites for hydroxylation is 1. The van der Waals surface area contributed by atoms with E-state index in [0.717, 1.165) is 22.6 Å². The van der Waals surface area contributed by atoms with Crippen molar-refractivity contribution >= 4 is 17.3 Å². The van der Waals surface area contributed by atoms with Gasteiger partial charge < -0.3 is 14.5 Å². The fraction of sp³-hybridized carbons (Fsp3) is 0.231. The molecule has 90 valence electrons. The second-order valence-corrected chi connectivity index (χ2v) is 4.19. The van der Waals surface area contributed by atoms with Gasteiger partial charge in [0.1, 0.15) is 5.75 Å². The lowest BCUT2D eigenvalue weighted by atomic mass is 10.2. The molecule has 2 rings (SSSR count). The van der Waals surface area contributed by atoms with E-state index in [1.165, 1.54) is 0 Å². The molecule has 0 aliphatic heterocycles. The van der Waals surface area contributed by atoms with Gasteiger partial charge in [0.05, 0.1) is 25.3 Å². The summed E-state index contributed by atoms with van der Waals surface area (Å²) in [6.07, 6.45) is 3.36. The Bertz CT molecular complexity index is 494. The summed E-state index contributed by atoms with van der Waals surface area (Å²) in [4.78, 5) is 0. The smallest absolute Gasteiger partial charge is 0.143 e. The van der Waals surface area contributed by atoms with E-state index >= 15 is 0 Å². The first-order valence-corrected chi connectivity index (χ1v) is 5.67. The van der Waals surface area contributed by atoms with Crippen LogP contribution in [0.1, 0.15) is 11.1 Å². The first-order chi connectivity index (χ1) is 8.20. The zero-order chi connectivity index (χ0) is 12.3. The van der Waals surface area contributed by atoms with E-state index in [2.05, 4.69) is 5.32 Å². The topological polar surface area (TPSA) is 34.4 Å². The van der Waals surface area contributed by atoms with Crippen molar-refractivity contribution in [3.05, 3.63) is 46.9 Å². The van der Waals surface area contributed by atoms with Crippen LogP contribution in [-0.2, 0) is 6.54 Å². The van der Waals surface area contributed by atoms with Gasteiger partial charge in [0.2, 0.25) is 0 Å². The van der Waals surface area contributed by atoms with Crippen LogP contribution in [0.5, 0.6) is 5.75 Å². The Morgan fingerprint density at radius 1 is 1.41 bits per heavy atom. The molecule has 1 N–H and O–H groups in total. The van der Waals surface area contributed by atoms with Crippen molar-refractivity contribution in [1.82, 2.24) is 0 Å². The van der Waals surface area contributed by atoms with E-state index in [9.17, 15) is 0 Å². The minimum absolute atomic E-state index is 0.688. The first kappa shape index (κ1) is 11.9. The number of methoxy groups -OCH3 is 1. The summed E-state index contributed by atoms with van der Waals surface area (Å²) in [6, 6.07) is 5.71. The van der Waals surface area contributed by atoms with Crippen molar-refractivity contribution in [3.8, 4) is 5.75 Å². The molecule has 0 atom stereocenters. The standard InChI is InChI=1S/C13H14ClNO2/c1-9-5-12(13(16-2)6-11(9)14)15-7-10-3-4-17-8-10/h3-6,8,15H,7H2,1-2H3. The third-order valence-corrected chi connectivity index (χ3v) is 2.95. The quantitative estimate of drug-likeness (QED) is 0.896. The Hall–Kier alpha value is -1.61. The van der Waals surface area contributed by atoms with E-state index in [1.54, 1.807) is 19.6 Å². The van der Waals surface area contributed by atoms with Gasteiger partial charge in [-0.3, -0.25) is 0 Å². The van der Waals surface area contributed by atoms with Crippen molar-refractivity contribution in [2.45, 2.75) is 13.5 Å². The van der Waals surface area contributed by atoms with Gasteiger partial charge in [0, 0.05) is 23.2 Å². The molecule has 0 unspecified atom stereocenters. The van der Waals surface area contributed by atoms with E-state index in [-0.39, 0.29) is 0 Å². The summed E-state index contributed by atoms with van der Waals surface area (Å²) in [5.74, 6) is 0.740. The molecule has 4 heteroatoms. The van der Waals surface area contributed by atoms with Crippen LogP contribution in [-0.4, -0.2) is 7.11 Å². The van der Waals surface area contributed by atoms with Crippen LogP contribution in [0.3, 0.4) is 0 Å². The minimum atomic E-state index is 0.688. The molecule has 1 aromatic carbocycles. The highest BCUT2D eigenvalue weighted by atomic mass is 35.5. The molecule has 1 aromatic heterocycles. The van der Waals surface area contributed by atoms with Crippen LogP contribution in [0.4, 0.5) is 5.69 Å². The van der Waals surface area contributed by atoms with Crippen molar-refractivity contribution in [3.63, 3.8) is 0 Å². The fourth-order valence-corrected chi connectivity index (χ4v) is 1.71. The molecule has 0 aliphatic carbocycles. The maximum Gasteiger partial charge on any atom is 0.143 e. The van der Waals surface area contributed by atoms with E-state index in [1.807, 2.05) is 25.1 Å². The van der Waals surface area contributed by atoms with Gasteiger partial charge >= 0.3 is 0 Å². The summed E-state index contributed by atoms with van der Waals surface area (Å²) in [5.41, 5.74) is 3.03. The summed E-state index contributed by atoms with van der Waals surface area (Å²) in [6.45, 7) is 2.65. The van der Waals surface area contributed by atoms with E-state index in [0.29, 0.717) is 11.6 Å². The maximum atomic E-state index is 6.04. The number of ether oxygens (including phenoxy) is 1. The van der Waals surface area contributed by atoms with Gasteiger partial charge in [-0.05, 0) is 24.6 Å². The Kier molecular flexibility index (Phi) is 3.59. The number of rotatable bonds is 4. The molecule has 0 bridgehead atoms. The molecule has 0 amide bonds. The zero-order valence-corrected chi connectivity index (χ0v) is 10.5. The molecule has 1 heterocycles. The number of anilines is 1. The molecule has 0 fully saturated rings. The minimum Gasteiger partial charge on any atom is -0.495 e. The van der Waals surface area contributed by atoms with Gasteiger partial charge in [-0.1, -0.05) is 11.6 Å². The second kappa shape index (κ2) is 5.15. The molecule has 17 heavy (non-hydrogen) atoms. The van der Waals surface area contributed by atoms with E-state index < -0.39 is 0 Å². The van der Waals surface area contributed by atoms with Gasteiger partial charge in [-0.15, -0.1) is 0 Å². The first-order valence-electron chi connectivity index (χ1n) is 5.30. The molecule has 0 saturated heterocycles. The number of hydrogen-bond donors (Lipinski definition) is 1. The van der Waals surface area contributed by atoms with Crippen LogP contribution in [0, 0.1) is 6.92 Å². The van der Waals surface area contributed by atoms with Crippen molar-refractivity contribution in [1.29, 1.82) is 0 Å². The maximum absolute atomic E-state index is 6.04. The van der Waals surface area contributed by atoms with Crippen LogP contribution >= 0.6 is 11.6 Å². The molecular formula is C13H14ClNO2. The van der Waals surface area contributed by atoms with Crippen LogP contribution < -0.4 is 10.1 Å². The summed E-state index contributed by atoms with van der Waals surface area (Å²) in [5, 5.41) is 4.00. The third-order valence-electron chi connectivity index (χ3n) is 2.54. The van der Waals surface area contributed by atoms with E-state index in [4.69, 9.17) is 20.8 Å². The second-order valence-electron chi connectivity index (χ2n) is 3.79. The highest BCUT2D eigenvalue weighted by Crippen LogP contribution is 2.31. The average Bonchev–Trinajstić information content (AvgIpc) is 2.83. The molecule has 0 radical (unpaired) electrons. The summed E-state index contributed by atoms with van der Waals surface area (Å²) in [7, 11) is 1.63. The molecular weight excluding hydrogens is 238 g/mol. The molecule has 3 nitrogen and oxygen atoms in total. The largest absolute Gasteiger partial charge is 0.495 e. The molecule has 0 saturated carbocycles. The normalized spacial score (nSPS) is 10.3.